The SMILES string of the molecule is CCc1ccc(N2C[C@@H](C(=O)Nc3cccc(O)c3)CC2=O)cc1. The highest BCUT2D eigenvalue weighted by Crippen LogP contribution is 2.27. The van der Waals surface area contributed by atoms with Crippen LogP contribution in [0.5, 0.6) is 5.75 Å². The highest BCUT2D eigenvalue weighted by Gasteiger charge is 2.35. The number of phenolic OH excluding ortho intramolecular Hbond substituents is 1. The molecule has 2 amide bonds. The van der Waals surface area contributed by atoms with E-state index in [1.807, 2.05) is 24.3 Å². The molecule has 1 aliphatic rings. The van der Waals surface area contributed by atoms with Crippen molar-refractivity contribution < 1.29 is 14.7 Å². The average molecular weight is 324 g/mol. The van der Waals surface area contributed by atoms with Crippen LogP contribution in [0, 0.1) is 5.92 Å². The lowest BCUT2D eigenvalue weighted by atomic mass is 10.1. The van der Waals surface area contributed by atoms with Crippen molar-refractivity contribution in [1.29, 1.82) is 0 Å². The van der Waals surface area contributed by atoms with Gasteiger partial charge >= 0.3 is 0 Å². The molecule has 1 aliphatic heterocycles. The van der Waals surface area contributed by atoms with Gasteiger partial charge in [-0.1, -0.05) is 25.1 Å². The van der Waals surface area contributed by atoms with Gasteiger partial charge in [0, 0.05) is 30.4 Å². The summed E-state index contributed by atoms with van der Waals surface area (Å²) in [4.78, 5) is 26.3. The van der Waals surface area contributed by atoms with Crippen LogP contribution in [0.3, 0.4) is 0 Å². The normalized spacial score (nSPS) is 17.1. The molecule has 1 fully saturated rings. The summed E-state index contributed by atoms with van der Waals surface area (Å²) < 4.78 is 0. The number of carbonyl (C=O) groups is 2. The Balaban J connectivity index is 1.68. The van der Waals surface area contributed by atoms with E-state index in [-0.39, 0.29) is 24.0 Å². The lowest BCUT2D eigenvalue weighted by Gasteiger charge is -2.17. The first-order chi connectivity index (χ1) is 11.6. The number of anilines is 2. The zero-order chi connectivity index (χ0) is 17.1. The van der Waals surface area contributed by atoms with Crippen LogP contribution >= 0.6 is 0 Å². The third kappa shape index (κ3) is 3.40. The Morgan fingerprint density at radius 1 is 1.25 bits per heavy atom. The van der Waals surface area contributed by atoms with E-state index in [4.69, 9.17) is 0 Å². The first-order valence-corrected chi connectivity index (χ1v) is 8.06. The quantitative estimate of drug-likeness (QED) is 0.908. The van der Waals surface area contributed by atoms with Crippen molar-refractivity contribution in [2.45, 2.75) is 19.8 Å². The molecule has 2 N–H and O–H groups in total. The van der Waals surface area contributed by atoms with Gasteiger partial charge in [-0.15, -0.1) is 0 Å². The second-order valence-corrected chi connectivity index (χ2v) is 5.96. The van der Waals surface area contributed by atoms with Crippen molar-refractivity contribution in [1.82, 2.24) is 0 Å². The van der Waals surface area contributed by atoms with Crippen LogP contribution in [-0.2, 0) is 16.0 Å². The highest BCUT2D eigenvalue weighted by molar-refractivity contribution is 6.03. The Morgan fingerprint density at radius 2 is 2.00 bits per heavy atom. The Morgan fingerprint density at radius 3 is 2.67 bits per heavy atom. The second-order valence-electron chi connectivity index (χ2n) is 5.96. The maximum atomic E-state index is 12.4. The Kier molecular flexibility index (Phi) is 4.51. The maximum absolute atomic E-state index is 12.4. The molecule has 2 aromatic rings. The van der Waals surface area contributed by atoms with E-state index in [2.05, 4.69) is 12.2 Å². The van der Waals surface area contributed by atoms with E-state index in [1.54, 1.807) is 17.0 Å². The van der Waals surface area contributed by atoms with E-state index in [0.29, 0.717) is 12.2 Å². The van der Waals surface area contributed by atoms with E-state index in [0.717, 1.165) is 12.1 Å². The van der Waals surface area contributed by atoms with Gasteiger partial charge in [-0.2, -0.15) is 0 Å². The number of amides is 2. The number of rotatable bonds is 4. The molecule has 1 saturated heterocycles. The summed E-state index contributed by atoms with van der Waals surface area (Å²) in [6.07, 6.45) is 1.14. The van der Waals surface area contributed by atoms with Gasteiger partial charge in [0.1, 0.15) is 5.75 Å². The van der Waals surface area contributed by atoms with Gasteiger partial charge in [0.25, 0.3) is 0 Å². The number of hydrogen-bond donors (Lipinski definition) is 2. The average Bonchev–Trinajstić information content (AvgIpc) is 2.97. The van der Waals surface area contributed by atoms with Gasteiger partial charge in [0.15, 0.2) is 0 Å². The van der Waals surface area contributed by atoms with E-state index in [9.17, 15) is 14.7 Å². The zero-order valence-electron chi connectivity index (χ0n) is 13.5. The molecule has 124 valence electrons. The minimum Gasteiger partial charge on any atom is -0.508 e. The highest BCUT2D eigenvalue weighted by atomic mass is 16.3. The first kappa shape index (κ1) is 16.1. The smallest absolute Gasteiger partial charge is 0.229 e. The molecule has 5 heteroatoms. The molecule has 0 aromatic heterocycles. The molecule has 0 bridgehead atoms. The van der Waals surface area contributed by atoms with E-state index < -0.39 is 5.92 Å². The molecule has 5 nitrogen and oxygen atoms in total. The first-order valence-electron chi connectivity index (χ1n) is 8.06. The van der Waals surface area contributed by atoms with Gasteiger partial charge in [0.2, 0.25) is 11.8 Å². The van der Waals surface area contributed by atoms with Crippen molar-refractivity contribution in [3.05, 3.63) is 54.1 Å². The number of phenols is 1. The lowest BCUT2D eigenvalue weighted by molar-refractivity contribution is -0.122. The molecular weight excluding hydrogens is 304 g/mol. The molecule has 1 heterocycles. The van der Waals surface area contributed by atoms with Crippen LogP contribution in [0.2, 0.25) is 0 Å². The summed E-state index contributed by atoms with van der Waals surface area (Å²) in [5.74, 6) is -0.560. The molecular formula is C19H20N2O3. The molecule has 0 unspecified atom stereocenters. The summed E-state index contributed by atoms with van der Waals surface area (Å²) in [5.41, 5.74) is 2.56. The summed E-state index contributed by atoms with van der Waals surface area (Å²) in [5, 5.41) is 12.2. The third-order valence-electron chi connectivity index (χ3n) is 4.27. The molecule has 24 heavy (non-hydrogen) atoms. The van der Waals surface area contributed by atoms with E-state index >= 15 is 0 Å². The standard InChI is InChI=1S/C19H20N2O3/c1-2-13-6-8-16(9-7-13)21-12-14(10-18(21)23)19(24)20-15-4-3-5-17(22)11-15/h3-9,11,14,22H,2,10,12H2,1H3,(H,20,24)/t14-/m0/s1. The zero-order valence-corrected chi connectivity index (χ0v) is 13.5. The van der Waals surface area contributed by atoms with Crippen molar-refractivity contribution in [3.8, 4) is 5.75 Å². The molecule has 2 aromatic carbocycles. The van der Waals surface area contributed by atoms with Crippen molar-refractivity contribution in [2.24, 2.45) is 5.92 Å². The van der Waals surface area contributed by atoms with Crippen LogP contribution in [-0.4, -0.2) is 23.5 Å². The van der Waals surface area contributed by atoms with Crippen molar-refractivity contribution in [2.75, 3.05) is 16.8 Å². The number of carbonyl (C=O) groups excluding carboxylic acids is 2. The van der Waals surface area contributed by atoms with Crippen LogP contribution < -0.4 is 10.2 Å². The fourth-order valence-corrected chi connectivity index (χ4v) is 2.87. The third-order valence-corrected chi connectivity index (χ3v) is 4.27. The Bertz CT molecular complexity index is 755. The minimum atomic E-state index is -0.397. The molecule has 1 atom stereocenters. The van der Waals surface area contributed by atoms with Gasteiger partial charge in [0.05, 0.1) is 5.92 Å². The summed E-state index contributed by atoms with van der Waals surface area (Å²) in [6.45, 7) is 2.45. The summed E-state index contributed by atoms with van der Waals surface area (Å²) >= 11 is 0. The van der Waals surface area contributed by atoms with E-state index in [1.165, 1.54) is 17.7 Å². The van der Waals surface area contributed by atoms with Gasteiger partial charge < -0.3 is 15.3 Å². The number of aromatic hydroxyl groups is 1. The van der Waals surface area contributed by atoms with Crippen molar-refractivity contribution in [3.63, 3.8) is 0 Å². The number of hydrogen-bond acceptors (Lipinski definition) is 3. The van der Waals surface area contributed by atoms with Crippen molar-refractivity contribution >= 4 is 23.2 Å². The fraction of sp³-hybridized carbons (Fsp3) is 0.263. The van der Waals surface area contributed by atoms with Gasteiger partial charge in [-0.25, -0.2) is 0 Å². The lowest BCUT2D eigenvalue weighted by Crippen LogP contribution is -2.28. The summed E-state index contributed by atoms with van der Waals surface area (Å²) in [6, 6.07) is 14.2. The van der Waals surface area contributed by atoms with Gasteiger partial charge in [-0.3, -0.25) is 9.59 Å². The van der Waals surface area contributed by atoms with Crippen LogP contribution in [0.1, 0.15) is 18.9 Å². The number of benzene rings is 2. The van der Waals surface area contributed by atoms with Crippen LogP contribution in [0.4, 0.5) is 11.4 Å². The molecule has 3 rings (SSSR count). The maximum Gasteiger partial charge on any atom is 0.229 e. The van der Waals surface area contributed by atoms with Crippen LogP contribution in [0.15, 0.2) is 48.5 Å². The second kappa shape index (κ2) is 6.74. The predicted octanol–water partition coefficient (Wildman–Crippen LogP) is 2.95. The largest absolute Gasteiger partial charge is 0.508 e. The number of nitrogens with zero attached hydrogens (tertiary/aromatic N) is 1. The molecule has 0 saturated carbocycles. The monoisotopic (exact) mass is 324 g/mol. The Hall–Kier alpha value is -2.82. The molecule has 0 spiro atoms. The van der Waals surface area contributed by atoms with Gasteiger partial charge in [-0.05, 0) is 36.2 Å². The minimum absolute atomic E-state index is 0.0460. The predicted molar refractivity (Wildman–Crippen MR) is 93.0 cm³/mol. The molecule has 0 aliphatic carbocycles. The molecule has 0 radical (unpaired) electrons. The van der Waals surface area contributed by atoms with Crippen LogP contribution in [0.25, 0.3) is 0 Å². The fourth-order valence-electron chi connectivity index (χ4n) is 2.87. The number of aryl methyl sites for hydroxylation is 1. The summed E-state index contributed by atoms with van der Waals surface area (Å²) in [7, 11) is 0. The Labute approximate surface area is 140 Å². The topological polar surface area (TPSA) is 69.6 Å². The number of nitrogens with one attached hydrogen (secondary N) is 1.